The zero-order valence-corrected chi connectivity index (χ0v) is 20.8. The van der Waals surface area contributed by atoms with Gasteiger partial charge in [0.1, 0.15) is 11.5 Å². The van der Waals surface area contributed by atoms with E-state index in [1.807, 2.05) is 6.92 Å². The first-order valence-corrected chi connectivity index (χ1v) is 11.0. The number of Topliss-reactive ketones (excluding diaryl/α,β-unsaturated/α-hetero) is 1. The smallest absolute Gasteiger partial charge is 0.295 e. The van der Waals surface area contributed by atoms with Gasteiger partial charge in [0.15, 0.2) is 11.5 Å². The molecule has 1 heterocycles. The first-order valence-electron chi connectivity index (χ1n) is 11.0. The van der Waals surface area contributed by atoms with Gasteiger partial charge in [0.05, 0.1) is 40.1 Å². The molecule has 1 amide bonds. The Morgan fingerprint density at radius 2 is 1.54 bits per heavy atom. The van der Waals surface area contributed by atoms with Gasteiger partial charge in [-0.1, -0.05) is 0 Å². The van der Waals surface area contributed by atoms with Crippen LogP contribution < -0.4 is 18.9 Å². The van der Waals surface area contributed by atoms with Gasteiger partial charge < -0.3 is 33.7 Å². The standard InChI is InChI=1S/C26H31NO8/c1-15-12-16(8-9-18(15)32-3)23(28)21-22(27(10-7-11-31-2)26(30)24(21)29)17-13-19(33-4)25(35-6)20(14-17)34-5/h8-9,12-14,22,28H,7,10-11H2,1-6H3/t22-/m0/s1. The van der Waals surface area contributed by atoms with Gasteiger partial charge in [0, 0.05) is 25.8 Å². The highest BCUT2D eigenvalue weighted by atomic mass is 16.5. The molecule has 1 fully saturated rings. The van der Waals surface area contributed by atoms with Crippen molar-refractivity contribution in [3.63, 3.8) is 0 Å². The van der Waals surface area contributed by atoms with Crippen molar-refractivity contribution < 1.29 is 38.4 Å². The molecule has 2 aromatic rings. The average molecular weight is 486 g/mol. The van der Waals surface area contributed by atoms with Crippen molar-refractivity contribution in [2.24, 2.45) is 0 Å². The molecule has 1 N–H and O–H groups in total. The number of carbonyl (C=O) groups is 2. The van der Waals surface area contributed by atoms with Gasteiger partial charge in [-0.05, 0) is 54.8 Å². The minimum atomic E-state index is -0.872. The second kappa shape index (κ2) is 11.1. The minimum Gasteiger partial charge on any atom is -0.507 e. The van der Waals surface area contributed by atoms with Gasteiger partial charge in [0.25, 0.3) is 11.7 Å². The fourth-order valence-electron chi connectivity index (χ4n) is 4.28. The van der Waals surface area contributed by atoms with Gasteiger partial charge in [-0.3, -0.25) is 9.59 Å². The Morgan fingerprint density at radius 3 is 2.06 bits per heavy atom. The molecule has 0 spiro atoms. The largest absolute Gasteiger partial charge is 0.507 e. The normalized spacial score (nSPS) is 17.0. The van der Waals surface area contributed by atoms with Crippen LogP contribution in [0.5, 0.6) is 23.0 Å². The van der Waals surface area contributed by atoms with Crippen molar-refractivity contribution in [3.05, 3.63) is 52.6 Å². The molecule has 0 aromatic heterocycles. The lowest BCUT2D eigenvalue weighted by atomic mass is 9.94. The number of ether oxygens (including phenoxy) is 5. The molecule has 35 heavy (non-hydrogen) atoms. The summed E-state index contributed by atoms with van der Waals surface area (Å²) in [6.07, 6.45) is 0.506. The van der Waals surface area contributed by atoms with E-state index < -0.39 is 17.7 Å². The summed E-state index contributed by atoms with van der Waals surface area (Å²) < 4.78 is 26.8. The Labute approximate surface area is 204 Å². The quantitative estimate of drug-likeness (QED) is 0.236. The Balaban J connectivity index is 2.24. The van der Waals surface area contributed by atoms with Crippen LogP contribution in [0.2, 0.25) is 0 Å². The maximum Gasteiger partial charge on any atom is 0.295 e. The van der Waals surface area contributed by atoms with Crippen molar-refractivity contribution >= 4 is 17.4 Å². The Hall–Kier alpha value is -3.72. The average Bonchev–Trinajstić information content (AvgIpc) is 3.12. The molecule has 0 bridgehead atoms. The number of rotatable bonds is 10. The third-order valence-electron chi connectivity index (χ3n) is 5.96. The molecule has 3 rings (SSSR count). The van der Waals surface area contributed by atoms with Gasteiger partial charge in [-0.25, -0.2) is 0 Å². The summed E-state index contributed by atoms with van der Waals surface area (Å²) in [5, 5.41) is 11.3. The number of aryl methyl sites for hydroxylation is 1. The van der Waals surface area contributed by atoms with Crippen LogP contribution in [0, 0.1) is 6.92 Å². The van der Waals surface area contributed by atoms with Crippen molar-refractivity contribution in [2.75, 3.05) is 48.7 Å². The number of amides is 1. The van der Waals surface area contributed by atoms with Crippen molar-refractivity contribution in [1.29, 1.82) is 0 Å². The van der Waals surface area contributed by atoms with E-state index in [0.717, 1.165) is 5.56 Å². The van der Waals surface area contributed by atoms with Crippen LogP contribution in [-0.2, 0) is 14.3 Å². The monoisotopic (exact) mass is 485 g/mol. The molecule has 0 aliphatic carbocycles. The highest BCUT2D eigenvalue weighted by Crippen LogP contribution is 2.45. The van der Waals surface area contributed by atoms with Crippen molar-refractivity contribution in [3.8, 4) is 23.0 Å². The highest BCUT2D eigenvalue weighted by molar-refractivity contribution is 6.46. The summed E-state index contributed by atoms with van der Waals surface area (Å²) >= 11 is 0. The van der Waals surface area contributed by atoms with E-state index in [9.17, 15) is 14.7 Å². The molecule has 188 valence electrons. The number of hydrogen-bond acceptors (Lipinski definition) is 8. The summed E-state index contributed by atoms with van der Waals surface area (Å²) in [5.41, 5.74) is 1.68. The van der Waals surface area contributed by atoms with Gasteiger partial charge in [-0.2, -0.15) is 0 Å². The fraction of sp³-hybridized carbons (Fsp3) is 0.385. The highest BCUT2D eigenvalue weighted by Gasteiger charge is 2.46. The topological polar surface area (TPSA) is 104 Å². The first kappa shape index (κ1) is 25.9. The number of likely N-dealkylation sites (tertiary alicyclic amines) is 1. The molecule has 2 aromatic carbocycles. The van der Waals surface area contributed by atoms with Gasteiger partial charge in [0.2, 0.25) is 5.75 Å². The summed E-state index contributed by atoms with van der Waals surface area (Å²) in [4.78, 5) is 27.8. The molecule has 0 radical (unpaired) electrons. The summed E-state index contributed by atoms with van der Waals surface area (Å²) in [6.45, 7) is 2.48. The summed E-state index contributed by atoms with van der Waals surface area (Å²) in [6, 6.07) is 7.53. The van der Waals surface area contributed by atoms with E-state index in [2.05, 4.69) is 0 Å². The van der Waals surface area contributed by atoms with Crippen molar-refractivity contribution in [1.82, 2.24) is 4.90 Å². The Kier molecular flexibility index (Phi) is 8.24. The zero-order valence-electron chi connectivity index (χ0n) is 20.8. The molecule has 0 saturated carbocycles. The molecule has 1 aliphatic rings. The lowest BCUT2D eigenvalue weighted by molar-refractivity contribution is -0.140. The number of nitrogens with zero attached hydrogens (tertiary/aromatic N) is 1. The van der Waals surface area contributed by atoms with E-state index >= 15 is 0 Å². The van der Waals surface area contributed by atoms with Gasteiger partial charge >= 0.3 is 0 Å². The predicted octanol–water partition coefficient (Wildman–Crippen LogP) is 3.49. The van der Waals surface area contributed by atoms with E-state index in [4.69, 9.17) is 23.7 Å². The number of hydrogen-bond donors (Lipinski definition) is 1. The number of aliphatic hydroxyl groups excluding tert-OH is 1. The maximum atomic E-state index is 13.2. The Morgan fingerprint density at radius 1 is 0.914 bits per heavy atom. The second-order valence-corrected chi connectivity index (χ2v) is 7.98. The second-order valence-electron chi connectivity index (χ2n) is 7.98. The SMILES string of the molecule is COCCCN1C(=O)C(=O)C(=C(O)c2ccc(OC)c(C)c2)[C@@H]1c1cc(OC)c(OC)c(OC)c1. The number of methoxy groups -OCH3 is 5. The van der Waals surface area contributed by atoms with Crippen LogP contribution in [-0.4, -0.2) is 70.4 Å². The molecule has 1 saturated heterocycles. The van der Waals surface area contributed by atoms with Crippen LogP contribution in [0.1, 0.15) is 29.2 Å². The molecular formula is C26H31NO8. The third-order valence-corrected chi connectivity index (χ3v) is 5.96. The van der Waals surface area contributed by atoms with E-state index in [1.165, 1.54) is 26.2 Å². The van der Waals surface area contributed by atoms with Crippen LogP contribution in [0.3, 0.4) is 0 Å². The fourth-order valence-corrected chi connectivity index (χ4v) is 4.28. The number of carbonyl (C=O) groups excluding carboxylic acids is 2. The minimum absolute atomic E-state index is 0.0220. The predicted molar refractivity (Wildman–Crippen MR) is 129 cm³/mol. The first-order chi connectivity index (χ1) is 16.8. The lowest BCUT2D eigenvalue weighted by Gasteiger charge is -2.26. The number of aliphatic hydroxyl groups is 1. The molecular weight excluding hydrogens is 454 g/mol. The zero-order chi connectivity index (χ0) is 25.7. The van der Waals surface area contributed by atoms with Gasteiger partial charge in [-0.15, -0.1) is 0 Å². The van der Waals surface area contributed by atoms with Crippen LogP contribution >= 0.6 is 0 Å². The summed E-state index contributed by atoms with van der Waals surface area (Å²) in [7, 11) is 7.57. The Bertz CT molecular complexity index is 1120. The lowest BCUT2D eigenvalue weighted by Crippen LogP contribution is -2.31. The molecule has 9 nitrogen and oxygen atoms in total. The van der Waals surface area contributed by atoms with E-state index in [1.54, 1.807) is 44.6 Å². The van der Waals surface area contributed by atoms with Crippen LogP contribution in [0.4, 0.5) is 0 Å². The molecule has 0 unspecified atom stereocenters. The van der Waals surface area contributed by atoms with Crippen LogP contribution in [0.25, 0.3) is 5.76 Å². The molecule has 1 atom stereocenters. The maximum absolute atomic E-state index is 13.2. The van der Waals surface area contributed by atoms with E-state index in [-0.39, 0.29) is 17.9 Å². The van der Waals surface area contributed by atoms with Crippen molar-refractivity contribution in [2.45, 2.75) is 19.4 Å². The number of ketones is 1. The van der Waals surface area contributed by atoms with Crippen LogP contribution in [0.15, 0.2) is 35.9 Å². The summed E-state index contributed by atoms with van der Waals surface area (Å²) in [5.74, 6) is -0.00118. The molecule has 1 aliphatic heterocycles. The molecule has 9 heteroatoms. The van der Waals surface area contributed by atoms with E-state index in [0.29, 0.717) is 47.2 Å². The third kappa shape index (κ3) is 4.90. The number of benzene rings is 2.